The van der Waals surface area contributed by atoms with Crippen LogP contribution in [0.4, 0.5) is 0 Å². The summed E-state index contributed by atoms with van der Waals surface area (Å²) in [5.74, 6) is 0.896. The van der Waals surface area contributed by atoms with Crippen molar-refractivity contribution < 1.29 is 14.2 Å². The zero-order chi connectivity index (χ0) is 17.2. The number of morpholine rings is 1. The molecule has 0 aliphatic carbocycles. The molecule has 1 aromatic rings. The lowest BCUT2D eigenvalue weighted by Gasteiger charge is -2.35. The van der Waals surface area contributed by atoms with Crippen molar-refractivity contribution >= 4 is 29.9 Å². The molecule has 1 unspecified atom stereocenters. The Morgan fingerprint density at radius 2 is 2.12 bits per heavy atom. The molecule has 1 aromatic carbocycles. The standard InChI is InChI=1S/C18H29N3O3.HI/c1-15-6-4-5-7-16(15)17-14-21(9-11-24-17)18(19-2)20-8-10-23-13-12-22-3;/h4-7,17H,8-14H2,1-3H3,(H,19,20);1H. The van der Waals surface area contributed by atoms with Crippen molar-refractivity contribution in [1.29, 1.82) is 0 Å². The third-order valence-corrected chi connectivity index (χ3v) is 4.07. The highest BCUT2D eigenvalue weighted by Crippen LogP contribution is 2.24. The minimum Gasteiger partial charge on any atom is -0.382 e. The third kappa shape index (κ3) is 7.08. The minimum atomic E-state index is 0. The highest BCUT2D eigenvalue weighted by Gasteiger charge is 2.24. The number of guanidine groups is 1. The molecule has 0 saturated carbocycles. The Labute approximate surface area is 167 Å². The summed E-state index contributed by atoms with van der Waals surface area (Å²) in [5, 5.41) is 3.36. The van der Waals surface area contributed by atoms with Crippen molar-refractivity contribution in [2.24, 2.45) is 4.99 Å². The lowest BCUT2D eigenvalue weighted by molar-refractivity contribution is -0.00848. The van der Waals surface area contributed by atoms with E-state index in [2.05, 4.69) is 46.4 Å². The zero-order valence-corrected chi connectivity index (χ0v) is 17.7. The van der Waals surface area contributed by atoms with Crippen LogP contribution in [0.5, 0.6) is 0 Å². The molecule has 6 nitrogen and oxygen atoms in total. The van der Waals surface area contributed by atoms with Crippen LogP contribution in [0.3, 0.4) is 0 Å². The maximum atomic E-state index is 5.98. The SMILES string of the molecule is CN=C(NCCOCCOC)N1CCOC(c2ccccc2C)C1.I. The summed E-state index contributed by atoms with van der Waals surface area (Å²) in [6, 6.07) is 8.39. The molecule has 0 aromatic heterocycles. The molecule has 0 bridgehead atoms. The van der Waals surface area contributed by atoms with Crippen molar-refractivity contribution in [1.82, 2.24) is 10.2 Å². The molecule has 1 atom stereocenters. The Bertz CT molecular complexity index is 528. The summed E-state index contributed by atoms with van der Waals surface area (Å²) in [5.41, 5.74) is 2.51. The van der Waals surface area contributed by atoms with Gasteiger partial charge in [-0.25, -0.2) is 0 Å². The van der Waals surface area contributed by atoms with Crippen LogP contribution in [-0.4, -0.2) is 71.1 Å². The van der Waals surface area contributed by atoms with Crippen molar-refractivity contribution in [3.05, 3.63) is 35.4 Å². The van der Waals surface area contributed by atoms with Crippen LogP contribution in [0.25, 0.3) is 0 Å². The lowest BCUT2D eigenvalue weighted by atomic mass is 10.0. The van der Waals surface area contributed by atoms with Crippen LogP contribution in [0, 0.1) is 6.92 Å². The monoisotopic (exact) mass is 463 g/mol. The third-order valence-electron chi connectivity index (χ3n) is 4.07. The maximum Gasteiger partial charge on any atom is 0.193 e. The Morgan fingerprint density at radius 1 is 1.32 bits per heavy atom. The lowest BCUT2D eigenvalue weighted by Crippen LogP contribution is -2.48. The van der Waals surface area contributed by atoms with Crippen molar-refractivity contribution in [3.63, 3.8) is 0 Å². The number of rotatable bonds is 7. The number of ether oxygens (including phenoxy) is 3. The quantitative estimate of drug-likeness (QED) is 0.291. The van der Waals surface area contributed by atoms with Gasteiger partial charge in [-0.3, -0.25) is 4.99 Å². The molecule has 7 heteroatoms. The molecule has 1 aliphatic heterocycles. The van der Waals surface area contributed by atoms with E-state index in [4.69, 9.17) is 14.2 Å². The molecule has 1 fully saturated rings. The Hall–Kier alpha value is -0.900. The van der Waals surface area contributed by atoms with Gasteiger partial charge in [0.2, 0.25) is 0 Å². The molecule has 1 saturated heterocycles. The van der Waals surface area contributed by atoms with Gasteiger partial charge in [-0.1, -0.05) is 24.3 Å². The number of hydrogen-bond acceptors (Lipinski definition) is 4. The predicted octanol–water partition coefficient (Wildman–Crippen LogP) is 2.22. The molecule has 0 radical (unpaired) electrons. The van der Waals surface area contributed by atoms with Gasteiger partial charge in [0.1, 0.15) is 6.10 Å². The summed E-state index contributed by atoms with van der Waals surface area (Å²) < 4.78 is 16.4. The highest BCUT2D eigenvalue weighted by molar-refractivity contribution is 14.0. The topological polar surface area (TPSA) is 55.3 Å². The van der Waals surface area contributed by atoms with Gasteiger partial charge >= 0.3 is 0 Å². The number of nitrogens with one attached hydrogen (secondary N) is 1. The number of methoxy groups -OCH3 is 1. The van der Waals surface area contributed by atoms with Gasteiger partial charge in [-0.15, -0.1) is 24.0 Å². The first-order valence-electron chi connectivity index (χ1n) is 8.45. The summed E-state index contributed by atoms with van der Waals surface area (Å²) in [4.78, 5) is 6.64. The van der Waals surface area contributed by atoms with E-state index in [0.29, 0.717) is 26.4 Å². The maximum absolute atomic E-state index is 5.98. The molecule has 1 heterocycles. The van der Waals surface area contributed by atoms with Gasteiger partial charge in [0, 0.05) is 27.2 Å². The van der Waals surface area contributed by atoms with Crippen LogP contribution in [-0.2, 0) is 14.2 Å². The highest BCUT2D eigenvalue weighted by atomic mass is 127. The second-order valence-corrected chi connectivity index (χ2v) is 5.74. The Morgan fingerprint density at radius 3 is 2.84 bits per heavy atom. The van der Waals surface area contributed by atoms with Crippen LogP contribution in [0.1, 0.15) is 17.2 Å². The molecule has 142 valence electrons. The molecular weight excluding hydrogens is 433 g/mol. The van der Waals surface area contributed by atoms with E-state index < -0.39 is 0 Å². The van der Waals surface area contributed by atoms with Crippen LogP contribution >= 0.6 is 24.0 Å². The molecule has 1 N–H and O–H groups in total. The normalized spacial score (nSPS) is 18.0. The molecule has 0 amide bonds. The molecule has 1 aliphatic rings. The largest absolute Gasteiger partial charge is 0.382 e. The average Bonchev–Trinajstić information content (AvgIpc) is 2.62. The van der Waals surface area contributed by atoms with Gasteiger partial charge in [0.15, 0.2) is 5.96 Å². The van der Waals surface area contributed by atoms with E-state index in [0.717, 1.165) is 25.6 Å². The smallest absolute Gasteiger partial charge is 0.193 e. The summed E-state index contributed by atoms with van der Waals surface area (Å²) in [6.45, 7) is 7.06. The fourth-order valence-electron chi connectivity index (χ4n) is 2.79. The molecule has 0 spiro atoms. The van der Waals surface area contributed by atoms with E-state index in [-0.39, 0.29) is 30.1 Å². The summed E-state index contributed by atoms with van der Waals surface area (Å²) >= 11 is 0. The summed E-state index contributed by atoms with van der Waals surface area (Å²) in [7, 11) is 3.49. The zero-order valence-electron chi connectivity index (χ0n) is 15.4. The van der Waals surface area contributed by atoms with E-state index in [1.165, 1.54) is 11.1 Å². The van der Waals surface area contributed by atoms with Gasteiger partial charge in [-0.05, 0) is 18.1 Å². The van der Waals surface area contributed by atoms with Crippen molar-refractivity contribution in [2.75, 3.05) is 60.2 Å². The predicted molar refractivity (Wildman–Crippen MR) is 111 cm³/mol. The average molecular weight is 463 g/mol. The molecule has 25 heavy (non-hydrogen) atoms. The number of nitrogens with zero attached hydrogens (tertiary/aromatic N) is 2. The number of aryl methyl sites for hydroxylation is 1. The first-order valence-corrected chi connectivity index (χ1v) is 8.45. The second kappa shape index (κ2) is 12.5. The fourth-order valence-corrected chi connectivity index (χ4v) is 2.79. The fraction of sp³-hybridized carbons (Fsp3) is 0.611. The van der Waals surface area contributed by atoms with Crippen LogP contribution < -0.4 is 5.32 Å². The van der Waals surface area contributed by atoms with Gasteiger partial charge in [0.25, 0.3) is 0 Å². The first-order chi connectivity index (χ1) is 11.8. The Balaban J connectivity index is 0.00000312. The van der Waals surface area contributed by atoms with Gasteiger partial charge in [-0.2, -0.15) is 0 Å². The van der Waals surface area contributed by atoms with E-state index in [9.17, 15) is 0 Å². The molecule has 2 rings (SSSR count). The number of halogens is 1. The number of benzene rings is 1. The van der Waals surface area contributed by atoms with E-state index in [1.807, 2.05) is 7.05 Å². The summed E-state index contributed by atoms with van der Waals surface area (Å²) in [6.07, 6.45) is 0.0800. The van der Waals surface area contributed by atoms with Crippen LogP contribution in [0.15, 0.2) is 29.3 Å². The minimum absolute atomic E-state index is 0. The van der Waals surface area contributed by atoms with Gasteiger partial charge in [0.05, 0.1) is 33.0 Å². The molecular formula is C18H30IN3O3. The van der Waals surface area contributed by atoms with Crippen molar-refractivity contribution in [2.45, 2.75) is 13.0 Å². The van der Waals surface area contributed by atoms with Gasteiger partial charge < -0.3 is 24.4 Å². The van der Waals surface area contributed by atoms with Crippen LogP contribution in [0.2, 0.25) is 0 Å². The van der Waals surface area contributed by atoms with E-state index in [1.54, 1.807) is 7.11 Å². The number of aliphatic imine (C=N–C) groups is 1. The first kappa shape index (κ1) is 22.1. The Kier molecular flexibility index (Phi) is 11.0. The second-order valence-electron chi connectivity index (χ2n) is 5.74. The van der Waals surface area contributed by atoms with Crippen molar-refractivity contribution in [3.8, 4) is 0 Å². The number of hydrogen-bond donors (Lipinski definition) is 1. The van der Waals surface area contributed by atoms with E-state index >= 15 is 0 Å².